The van der Waals surface area contributed by atoms with Crippen LogP contribution in [0.15, 0.2) is 54.0 Å². The van der Waals surface area contributed by atoms with Crippen LogP contribution in [0.5, 0.6) is 0 Å². The van der Waals surface area contributed by atoms with Crippen LogP contribution in [0, 0.1) is 0 Å². The summed E-state index contributed by atoms with van der Waals surface area (Å²) in [6, 6.07) is 9.44. The van der Waals surface area contributed by atoms with Gasteiger partial charge in [0.05, 0.1) is 11.7 Å². The van der Waals surface area contributed by atoms with Crippen LogP contribution >= 0.6 is 0 Å². The summed E-state index contributed by atoms with van der Waals surface area (Å²) in [6.07, 6.45) is 7.70. The molecular weight excluding hydrogens is 382 g/mol. The van der Waals surface area contributed by atoms with Crippen molar-refractivity contribution in [3.8, 4) is 11.1 Å². The zero-order valence-corrected chi connectivity index (χ0v) is 19.2. The highest BCUT2D eigenvalue weighted by atomic mass is 15.2. The van der Waals surface area contributed by atoms with Gasteiger partial charge in [-0.05, 0) is 67.9 Å². The maximum Gasteiger partial charge on any atom is 0.151 e. The summed E-state index contributed by atoms with van der Waals surface area (Å²) in [5.41, 5.74) is 9.95. The molecule has 1 aliphatic carbocycles. The molecule has 1 aliphatic heterocycles. The number of hydrogen-bond donors (Lipinski definition) is 4. The molecule has 0 amide bonds. The van der Waals surface area contributed by atoms with Gasteiger partial charge in [-0.3, -0.25) is 0 Å². The molecule has 0 bridgehead atoms. The fraction of sp³-hybridized carbons (Fsp3) is 0.423. The predicted octanol–water partition coefficient (Wildman–Crippen LogP) is 5.71. The standard InChI is InChI=1S/C26H35N5/c1-6-20(17(4)27-5)25-30-24-22(13-14-28-26(24)31-25)19-11-12-21-18(15-19)9-7-8-10-23(21)29-16(2)3/h11-15,23,25,27,29-30H,2,6-10H2,1,3-5H3,(H,28,31)/b20-17+. The summed E-state index contributed by atoms with van der Waals surface area (Å²) < 4.78 is 0. The number of anilines is 2. The molecule has 2 aromatic rings. The normalized spacial score (nSPS) is 20.4. The maximum absolute atomic E-state index is 4.61. The Morgan fingerprint density at radius 1 is 1.19 bits per heavy atom. The van der Waals surface area contributed by atoms with Gasteiger partial charge in [-0.25, -0.2) is 4.98 Å². The lowest BCUT2D eigenvalue weighted by Crippen LogP contribution is -2.27. The fourth-order valence-electron chi connectivity index (χ4n) is 4.89. The van der Waals surface area contributed by atoms with Crippen LogP contribution in [-0.4, -0.2) is 18.2 Å². The van der Waals surface area contributed by atoms with Crippen molar-refractivity contribution in [2.75, 3.05) is 17.7 Å². The lowest BCUT2D eigenvalue weighted by atomic mass is 9.94. The van der Waals surface area contributed by atoms with Crippen LogP contribution < -0.4 is 21.3 Å². The highest BCUT2D eigenvalue weighted by Crippen LogP contribution is 2.40. The summed E-state index contributed by atoms with van der Waals surface area (Å²) in [4.78, 5) is 4.61. The van der Waals surface area contributed by atoms with Gasteiger partial charge in [0, 0.05) is 30.2 Å². The van der Waals surface area contributed by atoms with E-state index < -0.39 is 0 Å². The van der Waals surface area contributed by atoms with Crippen LogP contribution in [0.4, 0.5) is 11.5 Å². The van der Waals surface area contributed by atoms with Crippen molar-refractivity contribution < 1.29 is 0 Å². The number of nitrogens with one attached hydrogen (secondary N) is 4. The minimum absolute atomic E-state index is 0.0612. The first-order valence-corrected chi connectivity index (χ1v) is 11.5. The highest BCUT2D eigenvalue weighted by Gasteiger charge is 2.27. The van der Waals surface area contributed by atoms with E-state index in [0.29, 0.717) is 6.04 Å². The quantitative estimate of drug-likeness (QED) is 0.454. The molecule has 2 aliphatic rings. The Morgan fingerprint density at radius 3 is 2.77 bits per heavy atom. The second-order valence-corrected chi connectivity index (χ2v) is 8.69. The highest BCUT2D eigenvalue weighted by molar-refractivity contribution is 5.88. The first-order valence-electron chi connectivity index (χ1n) is 11.5. The second kappa shape index (κ2) is 9.04. The van der Waals surface area contributed by atoms with Gasteiger partial charge >= 0.3 is 0 Å². The zero-order chi connectivity index (χ0) is 22.0. The van der Waals surface area contributed by atoms with Gasteiger partial charge in [-0.2, -0.15) is 0 Å². The molecule has 5 heteroatoms. The number of benzene rings is 1. The number of rotatable bonds is 6. The largest absolute Gasteiger partial charge is 0.392 e. The van der Waals surface area contributed by atoms with Gasteiger partial charge in [0.25, 0.3) is 0 Å². The Hall–Kier alpha value is -2.95. The molecule has 164 valence electrons. The smallest absolute Gasteiger partial charge is 0.151 e. The van der Waals surface area contributed by atoms with Crippen molar-refractivity contribution >= 4 is 11.5 Å². The molecular formula is C26H35N5. The van der Waals surface area contributed by atoms with Crippen LogP contribution in [0.25, 0.3) is 11.1 Å². The molecule has 5 nitrogen and oxygen atoms in total. The monoisotopic (exact) mass is 417 g/mol. The number of pyridine rings is 1. The molecule has 0 saturated carbocycles. The Kier molecular flexibility index (Phi) is 6.21. The molecule has 4 rings (SSSR count). The minimum atomic E-state index is 0.0612. The first kappa shape index (κ1) is 21.3. The third-order valence-corrected chi connectivity index (χ3v) is 6.55. The summed E-state index contributed by atoms with van der Waals surface area (Å²) in [5, 5.41) is 14.1. The van der Waals surface area contributed by atoms with Crippen LogP contribution in [0.3, 0.4) is 0 Å². The summed E-state index contributed by atoms with van der Waals surface area (Å²) >= 11 is 0. The van der Waals surface area contributed by atoms with Crippen molar-refractivity contribution in [3.63, 3.8) is 0 Å². The molecule has 0 spiro atoms. The lowest BCUT2D eigenvalue weighted by molar-refractivity contribution is 0.537. The average Bonchev–Trinajstić information content (AvgIpc) is 3.09. The van der Waals surface area contributed by atoms with E-state index in [9.17, 15) is 0 Å². The van der Waals surface area contributed by atoms with Crippen LogP contribution in [-0.2, 0) is 6.42 Å². The Bertz CT molecular complexity index is 1010. The van der Waals surface area contributed by atoms with E-state index in [0.717, 1.165) is 36.5 Å². The van der Waals surface area contributed by atoms with Crippen LogP contribution in [0.2, 0.25) is 0 Å². The Balaban J connectivity index is 1.68. The van der Waals surface area contributed by atoms with Gasteiger partial charge in [-0.1, -0.05) is 38.1 Å². The SMILES string of the molecule is C=C(C)NC1CCCCc2cc(-c3ccnc4c3NC(/C(CC)=C(\C)NC)N4)ccc21. The van der Waals surface area contributed by atoms with Crippen molar-refractivity contribution in [1.82, 2.24) is 15.6 Å². The van der Waals surface area contributed by atoms with E-state index >= 15 is 0 Å². The molecule has 0 fully saturated rings. The lowest BCUT2D eigenvalue weighted by Gasteiger charge is -2.21. The van der Waals surface area contributed by atoms with Crippen LogP contribution in [0.1, 0.15) is 63.6 Å². The van der Waals surface area contributed by atoms with E-state index in [4.69, 9.17) is 0 Å². The molecule has 0 radical (unpaired) electrons. The minimum Gasteiger partial charge on any atom is -0.392 e. The average molecular weight is 418 g/mol. The summed E-state index contributed by atoms with van der Waals surface area (Å²) in [5.74, 6) is 0.925. The summed E-state index contributed by atoms with van der Waals surface area (Å²) in [6.45, 7) is 10.4. The third kappa shape index (κ3) is 4.27. The predicted molar refractivity (Wildman–Crippen MR) is 131 cm³/mol. The van der Waals surface area contributed by atoms with Gasteiger partial charge in [0.2, 0.25) is 0 Å². The Labute approximate surface area is 186 Å². The molecule has 2 unspecified atom stereocenters. The number of fused-ring (bicyclic) bond motifs is 2. The molecule has 2 atom stereocenters. The zero-order valence-electron chi connectivity index (χ0n) is 19.2. The van der Waals surface area contributed by atoms with Gasteiger partial charge in [0.15, 0.2) is 5.82 Å². The topological polar surface area (TPSA) is 61.0 Å². The van der Waals surface area contributed by atoms with E-state index in [1.807, 2.05) is 20.2 Å². The maximum atomic E-state index is 4.61. The van der Waals surface area contributed by atoms with E-state index in [2.05, 4.69) is 70.9 Å². The first-order chi connectivity index (χ1) is 15.0. The van der Waals surface area contributed by atoms with Gasteiger partial charge < -0.3 is 21.3 Å². The third-order valence-electron chi connectivity index (χ3n) is 6.55. The molecule has 1 aromatic carbocycles. The van der Waals surface area contributed by atoms with E-state index in [1.54, 1.807) is 0 Å². The molecule has 1 aromatic heterocycles. The molecule has 4 N–H and O–H groups in total. The molecule has 31 heavy (non-hydrogen) atoms. The number of allylic oxidation sites excluding steroid dienone is 2. The number of hydrogen-bond acceptors (Lipinski definition) is 5. The molecule has 0 saturated heterocycles. The Morgan fingerprint density at radius 2 is 2.03 bits per heavy atom. The van der Waals surface area contributed by atoms with Crippen molar-refractivity contribution in [2.24, 2.45) is 0 Å². The van der Waals surface area contributed by atoms with Gasteiger partial charge in [-0.15, -0.1) is 0 Å². The van der Waals surface area contributed by atoms with E-state index in [-0.39, 0.29) is 6.17 Å². The number of aryl methyl sites for hydroxylation is 1. The number of aromatic nitrogens is 1. The fourth-order valence-corrected chi connectivity index (χ4v) is 4.89. The second-order valence-electron chi connectivity index (χ2n) is 8.69. The van der Waals surface area contributed by atoms with Crippen molar-refractivity contribution in [2.45, 2.75) is 65.1 Å². The van der Waals surface area contributed by atoms with Crippen molar-refractivity contribution in [1.29, 1.82) is 0 Å². The molecule has 2 heterocycles. The van der Waals surface area contributed by atoms with Gasteiger partial charge in [0.1, 0.15) is 6.17 Å². The van der Waals surface area contributed by atoms with E-state index in [1.165, 1.54) is 46.4 Å². The summed E-state index contributed by atoms with van der Waals surface area (Å²) in [7, 11) is 1.97. The van der Waals surface area contributed by atoms with Crippen molar-refractivity contribution in [3.05, 3.63) is 65.1 Å². The number of nitrogens with zero attached hydrogens (tertiary/aromatic N) is 1.